The maximum Gasteiger partial charge on any atom is 0.140 e. The Balaban J connectivity index is 3.31. The molecule has 0 saturated heterocycles. The van der Waals surface area contributed by atoms with Gasteiger partial charge in [0, 0.05) is 19.0 Å². The number of nitrogens with one attached hydrogen (secondary N) is 1. The van der Waals surface area contributed by atoms with Gasteiger partial charge in [-0.25, -0.2) is 0 Å². The first-order valence-corrected chi connectivity index (χ1v) is 4.90. The Morgan fingerprint density at radius 1 is 1.62 bits per heavy atom. The molecule has 1 unspecified atom stereocenters. The third-order valence-electron chi connectivity index (χ3n) is 1.99. The van der Waals surface area contributed by atoms with E-state index in [4.69, 9.17) is 10.9 Å². The lowest BCUT2D eigenvalue weighted by atomic mass is 10.1. The van der Waals surface area contributed by atoms with Gasteiger partial charge >= 0.3 is 0 Å². The van der Waals surface area contributed by atoms with E-state index in [2.05, 4.69) is 24.3 Å². The Kier molecular flexibility index (Phi) is 7.39. The van der Waals surface area contributed by atoms with Crippen molar-refractivity contribution < 1.29 is 5.21 Å². The summed E-state index contributed by atoms with van der Waals surface area (Å²) in [5.41, 5.74) is 5.32. The SMILES string of the molecule is CCCCC(C)NCCC(N)=NO. The van der Waals surface area contributed by atoms with Gasteiger partial charge in [0.1, 0.15) is 5.84 Å². The predicted molar refractivity (Wildman–Crippen MR) is 55.0 cm³/mol. The highest BCUT2D eigenvalue weighted by atomic mass is 16.4. The summed E-state index contributed by atoms with van der Waals surface area (Å²) in [6.07, 6.45) is 4.27. The molecule has 0 aromatic carbocycles. The molecule has 0 bridgehead atoms. The largest absolute Gasteiger partial charge is 0.409 e. The molecule has 0 fully saturated rings. The van der Waals surface area contributed by atoms with Crippen LogP contribution in [0.15, 0.2) is 5.16 Å². The van der Waals surface area contributed by atoms with Crippen LogP contribution in [-0.4, -0.2) is 23.6 Å². The number of amidine groups is 1. The van der Waals surface area contributed by atoms with E-state index < -0.39 is 0 Å². The summed E-state index contributed by atoms with van der Waals surface area (Å²) >= 11 is 0. The van der Waals surface area contributed by atoms with Crippen LogP contribution >= 0.6 is 0 Å². The van der Waals surface area contributed by atoms with Gasteiger partial charge in [-0.3, -0.25) is 0 Å². The van der Waals surface area contributed by atoms with Crippen LogP contribution in [-0.2, 0) is 0 Å². The lowest BCUT2D eigenvalue weighted by molar-refractivity contribution is 0.316. The van der Waals surface area contributed by atoms with Crippen molar-refractivity contribution in [2.24, 2.45) is 10.9 Å². The van der Waals surface area contributed by atoms with Crippen LogP contribution in [0.1, 0.15) is 39.5 Å². The number of nitrogens with two attached hydrogens (primary N) is 1. The van der Waals surface area contributed by atoms with Crippen LogP contribution in [0.2, 0.25) is 0 Å². The quantitative estimate of drug-likeness (QED) is 0.243. The van der Waals surface area contributed by atoms with Crippen LogP contribution in [0, 0.1) is 0 Å². The van der Waals surface area contributed by atoms with Crippen molar-refractivity contribution in [1.82, 2.24) is 5.32 Å². The summed E-state index contributed by atoms with van der Waals surface area (Å²) in [7, 11) is 0. The topological polar surface area (TPSA) is 70.6 Å². The van der Waals surface area contributed by atoms with Crippen LogP contribution in [0.4, 0.5) is 0 Å². The molecule has 0 rings (SSSR count). The zero-order valence-electron chi connectivity index (χ0n) is 8.58. The van der Waals surface area contributed by atoms with Crippen LogP contribution < -0.4 is 11.1 Å². The second-order valence-electron chi connectivity index (χ2n) is 3.34. The fourth-order valence-electron chi connectivity index (χ4n) is 1.11. The molecule has 4 N–H and O–H groups in total. The molecule has 1 atom stereocenters. The van der Waals surface area contributed by atoms with E-state index in [0.29, 0.717) is 12.5 Å². The second-order valence-corrected chi connectivity index (χ2v) is 3.34. The Hall–Kier alpha value is -0.770. The van der Waals surface area contributed by atoms with Crippen molar-refractivity contribution in [1.29, 1.82) is 0 Å². The molecule has 0 heterocycles. The minimum atomic E-state index is 0.287. The van der Waals surface area contributed by atoms with Gasteiger partial charge in [-0.1, -0.05) is 24.9 Å². The molecule has 0 spiro atoms. The molecular formula is C9H21N3O. The molecule has 0 aliphatic rings. The number of oxime groups is 1. The smallest absolute Gasteiger partial charge is 0.140 e. The monoisotopic (exact) mass is 187 g/mol. The van der Waals surface area contributed by atoms with E-state index in [1.165, 1.54) is 19.3 Å². The predicted octanol–water partition coefficient (Wildman–Crippen LogP) is 1.29. The summed E-state index contributed by atoms with van der Waals surface area (Å²) in [5.74, 6) is 0.287. The normalized spacial score (nSPS) is 14.5. The zero-order chi connectivity index (χ0) is 10.1. The third-order valence-corrected chi connectivity index (χ3v) is 1.99. The Morgan fingerprint density at radius 3 is 2.85 bits per heavy atom. The maximum atomic E-state index is 8.28. The maximum absolute atomic E-state index is 8.28. The molecule has 0 aliphatic heterocycles. The van der Waals surface area contributed by atoms with Gasteiger partial charge in [0.05, 0.1) is 0 Å². The first-order chi connectivity index (χ1) is 6.20. The second kappa shape index (κ2) is 7.86. The van der Waals surface area contributed by atoms with Crippen molar-refractivity contribution >= 4 is 5.84 Å². The van der Waals surface area contributed by atoms with Crippen molar-refractivity contribution in [3.63, 3.8) is 0 Å². The van der Waals surface area contributed by atoms with Gasteiger partial charge in [-0.2, -0.15) is 0 Å². The highest BCUT2D eigenvalue weighted by Crippen LogP contribution is 1.98. The van der Waals surface area contributed by atoms with Crippen molar-refractivity contribution in [3.05, 3.63) is 0 Å². The Labute approximate surface area is 80.2 Å². The highest BCUT2D eigenvalue weighted by Gasteiger charge is 2.00. The van der Waals surface area contributed by atoms with Crippen LogP contribution in [0.3, 0.4) is 0 Å². The average Bonchev–Trinajstić information content (AvgIpc) is 2.14. The summed E-state index contributed by atoms with van der Waals surface area (Å²) < 4.78 is 0. The minimum absolute atomic E-state index is 0.287. The lowest BCUT2D eigenvalue weighted by Gasteiger charge is -2.12. The van der Waals surface area contributed by atoms with E-state index in [0.717, 1.165) is 6.54 Å². The molecular weight excluding hydrogens is 166 g/mol. The van der Waals surface area contributed by atoms with E-state index in [-0.39, 0.29) is 5.84 Å². The van der Waals surface area contributed by atoms with Gasteiger partial charge in [0.25, 0.3) is 0 Å². The molecule has 0 amide bonds. The van der Waals surface area contributed by atoms with Gasteiger partial charge in [-0.05, 0) is 13.3 Å². The fraction of sp³-hybridized carbons (Fsp3) is 0.889. The van der Waals surface area contributed by atoms with E-state index in [1.54, 1.807) is 0 Å². The summed E-state index contributed by atoms with van der Waals surface area (Å²) in [4.78, 5) is 0. The molecule has 4 nitrogen and oxygen atoms in total. The fourth-order valence-corrected chi connectivity index (χ4v) is 1.11. The van der Waals surface area contributed by atoms with E-state index in [9.17, 15) is 0 Å². The number of hydrogen-bond donors (Lipinski definition) is 3. The van der Waals surface area contributed by atoms with Gasteiger partial charge < -0.3 is 16.3 Å². The van der Waals surface area contributed by atoms with Crippen molar-refractivity contribution in [3.8, 4) is 0 Å². The van der Waals surface area contributed by atoms with E-state index >= 15 is 0 Å². The van der Waals surface area contributed by atoms with E-state index in [1.807, 2.05) is 0 Å². The van der Waals surface area contributed by atoms with Gasteiger partial charge in [-0.15, -0.1) is 0 Å². The van der Waals surface area contributed by atoms with Gasteiger partial charge in [0.15, 0.2) is 0 Å². The Bertz CT molecular complexity index is 148. The number of rotatable bonds is 7. The molecule has 0 radical (unpaired) electrons. The third kappa shape index (κ3) is 7.59. The van der Waals surface area contributed by atoms with Crippen LogP contribution in [0.5, 0.6) is 0 Å². The summed E-state index contributed by atoms with van der Waals surface area (Å²) in [6.45, 7) is 5.12. The molecule has 0 aromatic heterocycles. The number of nitrogens with zero attached hydrogens (tertiary/aromatic N) is 1. The molecule has 0 aromatic rings. The first kappa shape index (κ1) is 12.2. The van der Waals surface area contributed by atoms with Crippen molar-refractivity contribution in [2.75, 3.05) is 6.54 Å². The average molecular weight is 187 g/mol. The summed E-state index contributed by atoms with van der Waals surface area (Å²) in [5, 5.41) is 14.5. The van der Waals surface area contributed by atoms with Crippen molar-refractivity contribution in [2.45, 2.75) is 45.6 Å². The lowest BCUT2D eigenvalue weighted by Crippen LogP contribution is -2.29. The standard InChI is InChI=1S/C9H21N3O/c1-3-4-5-8(2)11-7-6-9(10)12-13/h8,11,13H,3-7H2,1-2H3,(H2,10,12). The molecule has 0 aliphatic carbocycles. The number of hydrogen-bond acceptors (Lipinski definition) is 3. The highest BCUT2D eigenvalue weighted by molar-refractivity contribution is 5.79. The number of unbranched alkanes of at least 4 members (excludes halogenated alkanes) is 1. The van der Waals surface area contributed by atoms with Crippen LogP contribution in [0.25, 0.3) is 0 Å². The molecule has 4 heteroatoms. The Morgan fingerprint density at radius 2 is 2.31 bits per heavy atom. The first-order valence-electron chi connectivity index (χ1n) is 4.90. The molecule has 78 valence electrons. The zero-order valence-corrected chi connectivity index (χ0v) is 8.58. The summed E-state index contributed by atoms with van der Waals surface area (Å²) in [6, 6.07) is 0.520. The molecule has 0 saturated carbocycles. The minimum Gasteiger partial charge on any atom is -0.409 e. The van der Waals surface area contributed by atoms with Gasteiger partial charge in [0.2, 0.25) is 0 Å². The molecule has 13 heavy (non-hydrogen) atoms.